The molecular formula is C34H39ClFN7O7S. The van der Waals surface area contributed by atoms with Crippen LogP contribution in [0.15, 0.2) is 70.9 Å². The second-order valence-electron chi connectivity index (χ2n) is 12.6. The third-order valence-corrected chi connectivity index (χ3v) is 11.8. The van der Waals surface area contributed by atoms with Gasteiger partial charge in [0.05, 0.1) is 30.1 Å². The van der Waals surface area contributed by atoms with Crippen molar-refractivity contribution in [3.8, 4) is 5.75 Å². The van der Waals surface area contributed by atoms with E-state index >= 15 is 4.39 Å². The monoisotopic (exact) mass is 743 g/mol. The number of amides is 2. The van der Waals surface area contributed by atoms with Gasteiger partial charge < -0.3 is 24.8 Å². The maximum Gasteiger partial charge on any atom is 0.407 e. The summed E-state index contributed by atoms with van der Waals surface area (Å²) in [7, 11) is -2.67. The second kappa shape index (κ2) is 16.7. The van der Waals surface area contributed by atoms with Crippen LogP contribution in [0.1, 0.15) is 43.2 Å². The number of carbonyl (C=O) groups is 2. The molecular weight excluding hydrogens is 705 g/mol. The quantitative estimate of drug-likeness (QED) is 0.127. The van der Waals surface area contributed by atoms with Gasteiger partial charge in [-0.1, -0.05) is 28.8 Å². The summed E-state index contributed by atoms with van der Waals surface area (Å²) in [6.07, 6.45) is 2.20. The molecule has 1 aromatic heterocycles. The number of piperazine rings is 1. The topological polar surface area (TPSA) is 187 Å². The standard InChI is InChI=1S/C34H39ClFN7O7S/c1-21-19-42(34(45)46)20-25(43(21)51(47,48)27-10-8-26(49-2)9-11-27)7-12-28-29(36)17-38-18-30(28)39-33(44)32(40-41-37)31(23-13-15-50-16-14-23)22-3-5-24(35)6-4-22/h3-6,8-11,17-18,21,23,25,31-32H,7,12-16,19-20H2,1-2H3,(H,39,44)(H,45,46)/t21?,25?,31-,32-/m0/s1. The Kier molecular flexibility index (Phi) is 12.4. The summed E-state index contributed by atoms with van der Waals surface area (Å²) in [6.45, 7) is 2.35. The van der Waals surface area contributed by atoms with E-state index in [1.807, 2.05) is 0 Å². The number of benzene rings is 2. The summed E-state index contributed by atoms with van der Waals surface area (Å²) in [6, 6.07) is 9.95. The van der Waals surface area contributed by atoms with Gasteiger partial charge in [0.15, 0.2) is 0 Å². The zero-order valence-electron chi connectivity index (χ0n) is 28.1. The molecule has 2 amide bonds. The summed E-state index contributed by atoms with van der Waals surface area (Å²) in [4.78, 5) is 34.1. The summed E-state index contributed by atoms with van der Waals surface area (Å²) < 4.78 is 55.4. The number of hydrogen-bond donors (Lipinski definition) is 2. The molecule has 51 heavy (non-hydrogen) atoms. The number of aromatic nitrogens is 1. The Hall–Kier alpha value is -4.47. The molecule has 2 saturated heterocycles. The summed E-state index contributed by atoms with van der Waals surface area (Å²) in [5.74, 6) is -1.59. The van der Waals surface area contributed by atoms with E-state index in [-0.39, 0.29) is 48.0 Å². The van der Waals surface area contributed by atoms with Crippen molar-refractivity contribution in [1.29, 1.82) is 0 Å². The zero-order chi connectivity index (χ0) is 36.7. The van der Waals surface area contributed by atoms with E-state index in [1.54, 1.807) is 31.2 Å². The van der Waals surface area contributed by atoms with Gasteiger partial charge in [-0.3, -0.25) is 9.78 Å². The van der Waals surface area contributed by atoms with Gasteiger partial charge in [-0.2, -0.15) is 4.31 Å². The number of nitrogens with zero attached hydrogens (tertiary/aromatic N) is 6. The number of halogens is 2. The van der Waals surface area contributed by atoms with Crippen LogP contribution >= 0.6 is 11.6 Å². The zero-order valence-corrected chi connectivity index (χ0v) is 29.6. The number of ether oxygens (including phenoxy) is 2. The fourth-order valence-electron chi connectivity index (χ4n) is 7.00. The fourth-order valence-corrected chi connectivity index (χ4v) is 8.96. The Morgan fingerprint density at radius 1 is 1.16 bits per heavy atom. The molecule has 2 aromatic carbocycles. The van der Waals surface area contributed by atoms with Gasteiger partial charge in [-0.15, -0.1) is 0 Å². The molecule has 2 fully saturated rings. The van der Waals surface area contributed by atoms with Crippen LogP contribution in [0, 0.1) is 11.7 Å². The van der Waals surface area contributed by atoms with Crippen LogP contribution in [0.5, 0.6) is 5.75 Å². The number of hydrogen-bond acceptors (Lipinski definition) is 8. The van der Waals surface area contributed by atoms with Crippen LogP contribution in [0.25, 0.3) is 10.4 Å². The molecule has 2 aliphatic heterocycles. The van der Waals surface area contributed by atoms with Gasteiger partial charge in [-0.05, 0) is 86.0 Å². The first-order valence-electron chi connectivity index (χ1n) is 16.4. The highest BCUT2D eigenvalue weighted by Gasteiger charge is 2.42. The molecule has 3 aromatic rings. The lowest BCUT2D eigenvalue weighted by Gasteiger charge is -2.43. The average Bonchev–Trinajstić information content (AvgIpc) is 3.12. The third-order valence-electron chi connectivity index (χ3n) is 9.42. The van der Waals surface area contributed by atoms with Gasteiger partial charge in [0, 0.05) is 59.8 Å². The van der Waals surface area contributed by atoms with E-state index in [0.29, 0.717) is 36.8 Å². The smallest absolute Gasteiger partial charge is 0.407 e. The highest BCUT2D eigenvalue weighted by atomic mass is 35.5. The van der Waals surface area contributed by atoms with Crippen LogP contribution < -0.4 is 10.1 Å². The molecule has 0 aliphatic carbocycles. The molecule has 2 aliphatic rings. The predicted octanol–water partition coefficient (Wildman–Crippen LogP) is 6.08. The lowest BCUT2D eigenvalue weighted by molar-refractivity contribution is -0.118. The number of rotatable bonds is 12. The maximum absolute atomic E-state index is 15.5. The van der Waals surface area contributed by atoms with Gasteiger partial charge in [0.1, 0.15) is 17.6 Å². The lowest BCUT2D eigenvalue weighted by atomic mass is 9.76. The van der Waals surface area contributed by atoms with Crippen LogP contribution in [0.4, 0.5) is 14.9 Å². The molecule has 272 valence electrons. The minimum Gasteiger partial charge on any atom is -0.497 e. The van der Waals surface area contributed by atoms with Gasteiger partial charge in [-0.25, -0.2) is 17.6 Å². The van der Waals surface area contributed by atoms with Gasteiger partial charge in [0.2, 0.25) is 15.9 Å². The van der Waals surface area contributed by atoms with Crippen LogP contribution in [-0.4, -0.2) is 91.3 Å². The van der Waals surface area contributed by atoms with E-state index in [4.69, 9.17) is 21.1 Å². The Labute approximate surface area is 300 Å². The van der Waals surface area contributed by atoms with Crippen molar-refractivity contribution in [3.05, 3.63) is 93.3 Å². The molecule has 17 heteroatoms. The van der Waals surface area contributed by atoms with Crippen molar-refractivity contribution in [2.24, 2.45) is 11.0 Å². The largest absolute Gasteiger partial charge is 0.497 e. The number of nitrogens with one attached hydrogen (secondary N) is 1. The first-order valence-corrected chi connectivity index (χ1v) is 18.2. The minimum absolute atomic E-state index is 0.00254. The molecule has 3 heterocycles. The van der Waals surface area contributed by atoms with Gasteiger partial charge >= 0.3 is 6.09 Å². The first-order chi connectivity index (χ1) is 24.4. The molecule has 0 spiro atoms. The first kappa shape index (κ1) is 37.8. The molecule has 4 atom stereocenters. The fraction of sp³-hybridized carbons (Fsp3) is 0.441. The van der Waals surface area contributed by atoms with E-state index in [1.165, 1.54) is 41.9 Å². The predicted molar refractivity (Wildman–Crippen MR) is 187 cm³/mol. The number of methoxy groups -OCH3 is 1. The van der Waals surface area contributed by atoms with Crippen molar-refractivity contribution in [1.82, 2.24) is 14.2 Å². The molecule has 14 nitrogen and oxygen atoms in total. The summed E-state index contributed by atoms with van der Waals surface area (Å²) in [5, 5.41) is 17.0. The number of carbonyl (C=O) groups excluding carboxylic acids is 1. The third kappa shape index (κ3) is 8.71. The van der Waals surface area contributed by atoms with Crippen molar-refractivity contribution < 1.29 is 37.0 Å². The van der Waals surface area contributed by atoms with E-state index in [0.717, 1.165) is 16.7 Å². The molecule has 2 unspecified atom stereocenters. The van der Waals surface area contributed by atoms with Crippen molar-refractivity contribution in [3.63, 3.8) is 0 Å². The Bertz CT molecular complexity index is 1860. The van der Waals surface area contributed by atoms with E-state index < -0.39 is 51.9 Å². The second-order valence-corrected chi connectivity index (χ2v) is 14.8. The number of pyridine rings is 1. The number of sulfonamides is 1. The van der Waals surface area contributed by atoms with Crippen LogP contribution in [0.3, 0.4) is 0 Å². The maximum atomic E-state index is 15.5. The summed E-state index contributed by atoms with van der Waals surface area (Å²) >= 11 is 6.14. The van der Waals surface area contributed by atoms with Crippen molar-refractivity contribution in [2.45, 2.75) is 61.5 Å². The van der Waals surface area contributed by atoms with Crippen molar-refractivity contribution >= 4 is 39.3 Å². The molecule has 0 saturated carbocycles. The molecule has 0 bridgehead atoms. The molecule has 2 N–H and O–H groups in total. The molecule has 0 radical (unpaired) electrons. The number of carboxylic acid groups (broad SMARTS) is 1. The van der Waals surface area contributed by atoms with E-state index in [9.17, 15) is 28.6 Å². The number of anilines is 1. The Morgan fingerprint density at radius 3 is 2.47 bits per heavy atom. The highest BCUT2D eigenvalue weighted by Crippen LogP contribution is 2.38. The molecule has 5 rings (SSSR count). The SMILES string of the molecule is COc1ccc(S(=O)(=O)N2C(C)CN(C(=O)O)CC2CCc2c(F)cncc2NC(=O)[C@@H](N=[N+]=[N-])[C@@H](c2ccc(Cl)cc2)C2CCOCC2)cc1. The Balaban J connectivity index is 1.43. The van der Waals surface area contributed by atoms with Crippen molar-refractivity contribution in [2.75, 3.05) is 38.7 Å². The minimum atomic E-state index is -4.13. The highest BCUT2D eigenvalue weighted by molar-refractivity contribution is 7.89. The Morgan fingerprint density at radius 2 is 1.84 bits per heavy atom. The van der Waals surface area contributed by atoms with Gasteiger partial charge in [0.25, 0.3) is 0 Å². The normalized spacial score (nSPS) is 19.8. The number of azide groups is 1. The van der Waals surface area contributed by atoms with Crippen LogP contribution in [-0.2, 0) is 26.0 Å². The van der Waals surface area contributed by atoms with E-state index in [2.05, 4.69) is 20.3 Å². The average molecular weight is 744 g/mol. The lowest BCUT2D eigenvalue weighted by Crippen LogP contribution is -2.60. The summed E-state index contributed by atoms with van der Waals surface area (Å²) in [5.41, 5.74) is 10.3. The van der Waals surface area contributed by atoms with Crippen LogP contribution in [0.2, 0.25) is 5.02 Å².